The van der Waals surface area contributed by atoms with Gasteiger partial charge < -0.3 is 4.90 Å². The Bertz CT molecular complexity index is 527. The Morgan fingerprint density at radius 3 is 3.00 bits per heavy atom. The number of aromatic nitrogens is 3. The first-order valence-corrected chi connectivity index (χ1v) is 7.42. The number of thiocarbonyl (C=S) groups is 1. The van der Waals surface area contributed by atoms with Gasteiger partial charge in [0.25, 0.3) is 0 Å². The van der Waals surface area contributed by atoms with Crippen LogP contribution in [0.3, 0.4) is 0 Å². The second-order valence-electron chi connectivity index (χ2n) is 4.31. The molecule has 0 spiro atoms. The minimum Gasteiger partial charge on any atom is -0.358 e. The molecule has 2 aromatic heterocycles. The summed E-state index contributed by atoms with van der Waals surface area (Å²) in [4.78, 5) is 11.0. The fourth-order valence-corrected chi connectivity index (χ4v) is 3.21. The van der Waals surface area contributed by atoms with Gasteiger partial charge in [-0.2, -0.15) is 0 Å². The van der Waals surface area contributed by atoms with Gasteiger partial charge in [-0.3, -0.25) is 4.40 Å². The molecule has 1 aliphatic heterocycles. The van der Waals surface area contributed by atoms with Gasteiger partial charge in [-0.15, -0.1) is 0 Å². The Kier molecular flexibility index (Phi) is 3.47. The fourth-order valence-electron chi connectivity index (χ4n) is 2.08. The molecule has 6 heteroatoms. The maximum absolute atomic E-state index is 5.43. The van der Waals surface area contributed by atoms with E-state index in [-0.39, 0.29) is 0 Å². The van der Waals surface area contributed by atoms with Crippen LogP contribution >= 0.6 is 24.0 Å². The van der Waals surface area contributed by atoms with Gasteiger partial charge in [0.05, 0.1) is 5.69 Å². The lowest BCUT2D eigenvalue weighted by Crippen LogP contribution is -2.23. The predicted molar refractivity (Wildman–Crippen MR) is 77.7 cm³/mol. The van der Waals surface area contributed by atoms with Gasteiger partial charge in [0.15, 0.2) is 0 Å². The van der Waals surface area contributed by atoms with Crippen molar-refractivity contribution in [3.63, 3.8) is 0 Å². The molecule has 0 bridgehead atoms. The first kappa shape index (κ1) is 11.9. The summed E-state index contributed by atoms with van der Waals surface area (Å²) in [7, 11) is 0. The molecule has 1 saturated heterocycles. The topological polar surface area (TPSA) is 33.4 Å². The maximum atomic E-state index is 5.43. The molecule has 0 amide bonds. The average molecular weight is 278 g/mol. The van der Waals surface area contributed by atoms with Crippen molar-refractivity contribution in [3.05, 3.63) is 30.4 Å². The van der Waals surface area contributed by atoms with Crippen molar-refractivity contribution in [1.29, 1.82) is 0 Å². The van der Waals surface area contributed by atoms with Crippen LogP contribution in [0, 0.1) is 0 Å². The lowest BCUT2D eigenvalue weighted by atomic mass is 10.4. The van der Waals surface area contributed by atoms with Crippen molar-refractivity contribution < 1.29 is 0 Å². The van der Waals surface area contributed by atoms with E-state index in [4.69, 9.17) is 12.2 Å². The predicted octanol–water partition coefficient (Wildman–Crippen LogP) is 2.34. The molecule has 1 fully saturated rings. The largest absolute Gasteiger partial charge is 0.358 e. The van der Waals surface area contributed by atoms with E-state index in [1.54, 1.807) is 18.0 Å². The molecule has 1 aliphatic rings. The average Bonchev–Trinajstić information content (AvgIpc) is 3.04. The first-order chi connectivity index (χ1) is 8.83. The van der Waals surface area contributed by atoms with Crippen LogP contribution in [-0.2, 0) is 5.75 Å². The van der Waals surface area contributed by atoms with Crippen molar-refractivity contribution in [1.82, 2.24) is 19.3 Å². The smallest absolute Gasteiger partial charge is 0.233 e. The van der Waals surface area contributed by atoms with E-state index in [0.29, 0.717) is 0 Å². The van der Waals surface area contributed by atoms with Crippen molar-refractivity contribution in [3.8, 4) is 0 Å². The number of thioether (sulfide) groups is 1. The Morgan fingerprint density at radius 1 is 1.39 bits per heavy atom. The molecule has 0 unspecified atom stereocenters. The number of hydrogen-bond donors (Lipinski definition) is 0. The van der Waals surface area contributed by atoms with Gasteiger partial charge in [0.1, 0.15) is 4.32 Å². The van der Waals surface area contributed by atoms with Crippen molar-refractivity contribution >= 4 is 34.1 Å². The highest BCUT2D eigenvalue weighted by Crippen LogP contribution is 2.19. The summed E-state index contributed by atoms with van der Waals surface area (Å²) in [6.45, 7) is 2.22. The fraction of sp³-hybridized carbons (Fsp3) is 0.417. The van der Waals surface area contributed by atoms with Crippen LogP contribution in [0.5, 0.6) is 0 Å². The van der Waals surface area contributed by atoms with E-state index in [2.05, 4.69) is 14.9 Å². The quantitative estimate of drug-likeness (QED) is 0.788. The summed E-state index contributed by atoms with van der Waals surface area (Å²) >= 11 is 7.13. The van der Waals surface area contributed by atoms with Crippen LogP contribution in [0.1, 0.15) is 18.5 Å². The zero-order valence-electron chi connectivity index (χ0n) is 9.95. The monoisotopic (exact) mass is 278 g/mol. The van der Waals surface area contributed by atoms with Crippen LogP contribution in [0.25, 0.3) is 5.78 Å². The molecule has 3 heterocycles. The number of likely N-dealkylation sites (tertiary alicyclic amines) is 1. The number of hydrogen-bond acceptors (Lipinski definition) is 4. The highest BCUT2D eigenvalue weighted by Gasteiger charge is 2.15. The van der Waals surface area contributed by atoms with Gasteiger partial charge in [-0.1, -0.05) is 24.0 Å². The Hall–Kier alpha value is -1.14. The number of rotatable bonds is 2. The Morgan fingerprint density at radius 2 is 2.22 bits per heavy atom. The molecule has 2 aromatic rings. The van der Waals surface area contributed by atoms with Gasteiger partial charge >= 0.3 is 0 Å². The second kappa shape index (κ2) is 5.24. The van der Waals surface area contributed by atoms with Crippen LogP contribution in [-0.4, -0.2) is 36.7 Å². The molecule has 4 nitrogen and oxygen atoms in total. The zero-order chi connectivity index (χ0) is 12.4. The van der Waals surface area contributed by atoms with Gasteiger partial charge in [0, 0.05) is 37.4 Å². The summed E-state index contributed by atoms with van der Waals surface area (Å²) in [5.41, 5.74) is 1.03. The van der Waals surface area contributed by atoms with Gasteiger partial charge in [0.2, 0.25) is 5.78 Å². The van der Waals surface area contributed by atoms with Crippen molar-refractivity contribution in [2.24, 2.45) is 0 Å². The summed E-state index contributed by atoms with van der Waals surface area (Å²) in [6.07, 6.45) is 8.26. The number of imidazole rings is 1. The molecular formula is C12H14N4S2. The molecule has 0 radical (unpaired) electrons. The third kappa shape index (κ3) is 2.49. The Labute approximate surface area is 115 Å². The minimum atomic E-state index is 0.750. The number of nitrogens with zero attached hydrogens (tertiary/aromatic N) is 4. The van der Waals surface area contributed by atoms with E-state index < -0.39 is 0 Å². The van der Waals surface area contributed by atoms with E-state index in [1.807, 2.05) is 22.9 Å². The molecule has 0 N–H and O–H groups in total. The van der Waals surface area contributed by atoms with Gasteiger partial charge in [-0.05, 0) is 18.9 Å². The molecule has 94 valence electrons. The minimum absolute atomic E-state index is 0.750. The molecule has 18 heavy (non-hydrogen) atoms. The third-order valence-electron chi connectivity index (χ3n) is 2.99. The van der Waals surface area contributed by atoms with Crippen LogP contribution in [0.15, 0.2) is 24.7 Å². The van der Waals surface area contributed by atoms with Crippen LogP contribution < -0.4 is 0 Å². The van der Waals surface area contributed by atoms with E-state index in [0.717, 1.165) is 34.6 Å². The molecule has 0 aliphatic carbocycles. The van der Waals surface area contributed by atoms with E-state index >= 15 is 0 Å². The van der Waals surface area contributed by atoms with Crippen LogP contribution in [0.4, 0.5) is 0 Å². The summed E-state index contributed by atoms with van der Waals surface area (Å²) in [6, 6.07) is 1.90. The zero-order valence-corrected chi connectivity index (χ0v) is 11.6. The van der Waals surface area contributed by atoms with Crippen molar-refractivity contribution in [2.75, 3.05) is 13.1 Å². The van der Waals surface area contributed by atoms with Crippen LogP contribution in [0.2, 0.25) is 0 Å². The summed E-state index contributed by atoms with van der Waals surface area (Å²) in [5, 5.41) is 0. The molecule has 0 atom stereocenters. The standard InChI is InChI=1S/C12H14N4S2/c17-12(15-5-1-2-6-15)18-9-10-8-16-7-3-4-13-11(16)14-10/h3-4,7-8H,1-2,5-6,9H2. The highest BCUT2D eigenvalue weighted by molar-refractivity contribution is 8.22. The molecular weight excluding hydrogens is 264 g/mol. The first-order valence-electron chi connectivity index (χ1n) is 6.03. The second-order valence-corrected chi connectivity index (χ2v) is 5.92. The number of fused-ring (bicyclic) bond motifs is 1. The van der Waals surface area contributed by atoms with Crippen molar-refractivity contribution in [2.45, 2.75) is 18.6 Å². The Balaban J connectivity index is 1.63. The lowest BCUT2D eigenvalue weighted by molar-refractivity contribution is 0.539. The molecule has 0 aromatic carbocycles. The normalized spacial score (nSPS) is 15.4. The van der Waals surface area contributed by atoms with E-state index in [1.165, 1.54) is 12.8 Å². The lowest BCUT2D eigenvalue weighted by Gasteiger charge is -2.16. The summed E-state index contributed by atoms with van der Waals surface area (Å²) < 4.78 is 2.94. The molecule has 0 saturated carbocycles. The SMILES string of the molecule is S=C(SCc1cn2cccnc2n1)N1CCCC1. The van der Waals surface area contributed by atoms with Gasteiger partial charge in [-0.25, -0.2) is 9.97 Å². The van der Waals surface area contributed by atoms with E-state index in [9.17, 15) is 0 Å². The highest BCUT2D eigenvalue weighted by atomic mass is 32.2. The molecule has 3 rings (SSSR count). The summed E-state index contributed by atoms with van der Waals surface area (Å²) in [5.74, 6) is 1.57. The third-order valence-corrected chi connectivity index (χ3v) is 4.55. The maximum Gasteiger partial charge on any atom is 0.233 e.